The molecule has 22 heavy (non-hydrogen) atoms. The summed E-state index contributed by atoms with van der Waals surface area (Å²) in [5.74, 6) is 0.276. The van der Waals surface area contributed by atoms with Gasteiger partial charge in [-0.3, -0.25) is 4.79 Å². The summed E-state index contributed by atoms with van der Waals surface area (Å²) >= 11 is 3.31. The van der Waals surface area contributed by atoms with Crippen LogP contribution in [0, 0.1) is 0 Å². The van der Waals surface area contributed by atoms with Gasteiger partial charge in [0.15, 0.2) is 0 Å². The number of ether oxygens (including phenoxy) is 1. The molecule has 0 fully saturated rings. The van der Waals surface area contributed by atoms with Gasteiger partial charge in [0.05, 0.1) is 0 Å². The molecule has 2 aromatic rings. The molecule has 2 rings (SSSR count). The molecule has 2 aromatic carbocycles. The van der Waals surface area contributed by atoms with Crippen molar-refractivity contribution >= 4 is 27.9 Å². The van der Waals surface area contributed by atoms with E-state index in [-0.39, 0.29) is 12.5 Å². The molecule has 0 unspecified atom stereocenters. The summed E-state index contributed by atoms with van der Waals surface area (Å²) in [6, 6.07) is 15.9. The molecule has 5 nitrogen and oxygen atoms in total. The third-order valence-electron chi connectivity index (χ3n) is 2.72. The molecule has 0 bridgehead atoms. The van der Waals surface area contributed by atoms with Crippen LogP contribution in [0.2, 0.25) is 0 Å². The first kappa shape index (κ1) is 16.0. The van der Waals surface area contributed by atoms with Crippen LogP contribution in [0.15, 0.2) is 59.1 Å². The second-order valence-corrected chi connectivity index (χ2v) is 5.31. The van der Waals surface area contributed by atoms with Gasteiger partial charge in [0.1, 0.15) is 5.75 Å². The molecule has 0 radical (unpaired) electrons. The molecular weight excluding hydrogens is 348 g/mol. The Bertz CT molecular complexity index is 647. The van der Waals surface area contributed by atoms with Crippen LogP contribution in [-0.2, 0) is 0 Å². The summed E-state index contributed by atoms with van der Waals surface area (Å²) in [4.78, 5) is 23.4. The van der Waals surface area contributed by atoms with E-state index in [0.29, 0.717) is 17.9 Å². The van der Waals surface area contributed by atoms with E-state index in [1.807, 2.05) is 12.1 Å². The van der Waals surface area contributed by atoms with Gasteiger partial charge in [-0.1, -0.05) is 40.2 Å². The minimum atomic E-state index is -0.553. The Hall–Kier alpha value is -2.34. The Morgan fingerprint density at radius 2 is 1.68 bits per heavy atom. The van der Waals surface area contributed by atoms with E-state index in [1.165, 1.54) is 0 Å². The lowest BCUT2D eigenvalue weighted by Crippen LogP contribution is -2.36. The highest BCUT2D eigenvalue weighted by atomic mass is 79.9. The molecule has 0 atom stereocenters. The largest absolute Gasteiger partial charge is 0.412 e. The molecular formula is C16H15BrN2O3. The van der Waals surface area contributed by atoms with Crippen LogP contribution < -0.4 is 15.4 Å². The van der Waals surface area contributed by atoms with Gasteiger partial charge in [0.25, 0.3) is 5.91 Å². The Morgan fingerprint density at radius 3 is 2.41 bits per heavy atom. The number of carbonyl (C=O) groups excluding carboxylic acids is 2. The Morgan fingerprint density at radius 1 is 0.955 bits per heavy atom. The fourth-order valence-corrected chi connectivity index (χ4v) is 2.10. The maximum absolute atomic E-state index is 11.9. The molecule has 0 saturated carbocycles. The van der Waals surface area contributed by atoms with Crippen LogP contribution in [0.3, 0.4) is 0 Å². The summed E-state index contributed by atoms with van der Waals surface area (Å²) in [5, 5.41) is 5.28. The second-order valence-electron chi connectivity index (χ2n) is 4.40. The van der Waals surface area contributed by atoms with Gasteiger partial charge in [-0.15, -0.1) is 0 Å². The fraction of sp³-hybridized carbons (Fsp3) is 0.125. The van der Waals surface area contributed by atoms with E-state index in [4.69, 9.17) is 4.74 Å². The minimum Gasteiger partial charge on any atom is -0.410 e. The maximum atomic E-state index is 11.9. The summed E-state index contributed by atoms with van der Waals surface area (Å²) < 4.78 is 5.89. The first-order valence-corrected chi connectivity index (χ1v) is 7.49. The van der Waals surface area contributed by atoms with E-state index in [1.54, 1.807) is 42.5 Å². The average Bonchev–Trinajstić information content (AvgIpc) is 2.52. The van der Waals surface area contributed by atoms with E-state index in [2.05, 4.69) is 26.6 Å². The number of rotatable bonds is 5. The topological polar surface area (TPSA) is 67.4 Å². The van der Waals surface area contributed by atoms with Crippen LogP contribution in [0.4, 0.5) is 4.79 Å². The SMILES string of the molecule is O=C(NCCNC(=O)c1cccc(Br)c1)Oc1ccccc1. The molecule has 0 spiro atoms. The van der Waals surface area contributed by atoms with Gasteiger partial charge in [-0.25, -0.2) is 4.79 Å². The van der Waals surface area contributed by atoms with Gasteiger partial charge in [-0.2, -0.15) is 0 Å². The standard InChI is InChI=1S/C16H15BrN2O3/c17-13-6-4-5-12(11-13)15(20)18-9-10-19-16(21)22-14-7-2-1-3-8-14/h1-8,11H,9-10H2,(H,18,20)(H,19,21). The first-order chi connectivity index (χ1) is 10.6. The smallest absolute Gasteiger partial charge is 0.410 e. The monoisotopic (exact) mass is 362 g/mol. The van der Waals surface area contributed by atoms with Crippen LogP contribution in [0.5, 0.6) is 5.75 Å². The van der Waals surface area contributed by atoms with Crippen molar-refractivity contribution in [1.29, 1.82) is 0 Å². The van der Waals surface area contributed by atoms with E-state index < -0.39 is 6.09 Å². The van der Waals surface area contributed by atoms with Crippen molar-refractivity contribution in [2.45, 2.75) is 0 Å². The number of nitrogens with one attached hydrogen (secondary N) is 2. The van der Waals surface area contributed by atoms with Crippen molar-refractivity contribution in [3.8, 4) is 5.75 Å². The number of para-hydroxylation sites is 1. The molecule has 0 aliphatic carbocycles. The zero-order valence-electron chi connectivity index (χ0n) is 11.7. The average molecular weight is 363 g/mol. The van der Waals surface area contributed by atoms with Crippen molar-refractivity contribution in [1.82, 2.24) is 10.6 Å². The zero-order chi connectivity index (χ0) is 15.8. The van der Waals surface area contributed by atoms with E-state index in [0.717, 1.165) is 4.47 Å². The lowest BCUT2D eigenvalue weighted by molar-refractivity contribution is 0.0953. The Balaban J connectivity index is 1.68. The predicted octanol–water partition coefficient (Wildman–Crippen LogP) is 2.97. The highest BCUT2D eigenvalue weighted by Gasteiger charge is 2.06. The lowest BCUT2D eigenvalue weighted by atomic mass is 10.2. The summed E-state index contributed by atoms with van der Waals surface area (Å²) in [6.07, 6.45) is -0.553. The maximum Gasteiger partial charge on any atom is 0.412 e. The third-order valence-corrected chi connectivity index (χ3v) is 3.21. The number of carbonyl (C=O) groups is 2. The highest BCUT2D eigenvalue weighted by molar-refractivity contribution is 9.10. The summed E-state index contributed by atoms with van der Waals surface area (Å²) in [6.45, 7) is 0.598. The molecule has 2 amide bonds. The summed E-state index contributed by atoms with van der Waals surface area (Å²) in [5.41, 5.74) is 0.557. The molecule has 0 aromatic heterocycles. The second kappa shape index (κ2) is 8.19. The third kappa shape index (κ3) is 5.21. The van der Waals surface area contributed by atoms with Crippen LogP contribution in [0.1, 0.15) is 10.4 Å². The molecule has 0 heterocycles. The minimum absolute atomic E-state index is 0.195. The van der Waals surface area contributed by atoms with Crippen molar-refractivity contribution in [2.75, 3.05) is 13.1 Å². The normalized spacial score (nSPS) is 9.86. The van der Waals surface area contributed by atoms with Gasteiger partial charge in [-0.05, 0) is 30.3 Å². The van der Waals surface area contributed by atoms with E-state index >= 15 is 0 Å². The predicted molar refractivity (Wildman–Crippen MR) is 86.9 cm³/mol. The number of hydrogen-bond donors (Lipinski definition) is 2. The van der Waals surface area contributed by atoms with Crippen LogP contribution in [-0.4, -0.2) is 25.1 Å². The number of halogens is 1. The van der Waals surface area contributed by atoms with Gasteiger partial charge in [0.2, 0.25) is 0 Å². The molecule has 0 aliphatic rings. The molecule has 0 saturated heterocycles. The molecule has 6 heteroatoms. The number of hydrogen-bond acceptors (Lipinski definition) is 3. The van der Waals surface area contributed by atoms with Crippen molar-refractivity contribution in [2.24, 2.45) is 0 Å². The molecule has 2 N–H and O–H groups in total. The quantitative estimate of drug-likeness (QED) is 0.803. The van der Waals surface area contributed by atoms with Crippen LogP contribution >= 0.6 is 15.9 Å². The first-order valence-electron chi connectivity index (χ1n) is 6.69. The van der Waals surface area contributed by atoms with Crippen molar-refractivity contribution < 1.29 is 14.3 Å². The summed E-state index contributed by atoms with van der Waals surface area (Å²) in [7, 11) is 0. The molecule has 0 aliphatic heterocycles. The lowest BCUT2D eigenvalue weighted by Gasteiger charge is -2.08. The van der Waals surface area contributed by atoms with E-state index in [9.17, 15) is 9.59 Å². The fourth-order valence-electron chi connectivity index (χ4n) is 1.70. The highest BCUT2D eigenvalue weighted by Crippen LogP contribution is 2.11. The van der Waals surface area contributed by atoms with Gasteiger partial charge >= 0.3 is 6.09 Å². The Labute approximate surface area is 136 Å². The Kier molecular flexibility index (Phi) is 5.97. The zero-order valence-corrected chi connectivity index (χ0v) is 13.3. The van der Waals surface area contributed by atoms with Gasteiger partial charge in [0, 0.05) is 23.1 Å². The van der Waals surface area contributed by atoms with Crippen molar-refractivity contribution in [3.05, 3.63) is 64.6 Å². The van der Waals surface area contributed by atoms with Gasteiger partial charge < -0.3 is 15.4 Å². The van der Waals surface area contributed by atoms with Crippen LogP contribution in [0.25, 0.3) is 0 Å². The van der Waals surface area contributed by atoms with Crippen molar-refractivity contribution in [3.63, 3.8) is 0 Å². The number of amides is 2. The number of benzene rings is 2. The molecule has 114 valence electrons.